The fourth-order valence-electron chi connectivity index (χ4n) is 2.85. The Morgan fingerprint density at radius 2 is 1.71 bits per heavy atom. The van der Waals surface area contributed by atoms with Crippen molar-refractivity contribution < 1.29 is 0 Å². The van der Waals surface area contributed by atoms with Crippen LogP contribution in [-0.2, 0) is 6.54 Å². The summed E-state index contributed by atoms with van der Waals surface area (Å²) in [6, 6.07) is 9.14. The third-order valence-electron chi connectivity index (χ3n) is 4.60. The summed E-state index contributed by atoms with van der Waals surface area (Å²) in [6.45, 7) is 12.4. The second kappa shape index (κ2) is 7.19. The van der Waals surface area contributed by atoms with Gasteiger partial charge in [0.05, 0.1) is 0 Å². The maximum Gasteiger partial charge on any atom is 0.0210 e. The van der Waals surface area contributed by atoms with Crippen LogP contribution in [0.1, 0.15) is 59.4 Å². The maximum atomic E-state index is 3.54. The van der Waals surface area contributed by atoms with Crippen molar-refractivity contribution >= 4 is 11.8 Å². The van der Waals surface area contributed by atoms with E-state index in [1.165, 1.54) is 29.7 Å². The zero-order valence-corrected chi connectivity index (χ0v) is 15.1. The Labute approximate surface area is 135 Å². The van der Waals surface area contributed by atoms with E-state index in [0.717, 1.165) is 23.6 Å². The Morgan fingerprint density at radius 1 is 1.05 bits per heavy atom. The molecule has 0 saturated heterocycles. The third kappa shape index (κ3) is 5.67. The minimum atomic E-state index is 0.183. The normalized spacial score (nSPS) is 26.8. The van der Waals surface area contributed by atoms with Crippen LogP contribution in [0.3, 0.4) is 0 Å². The van der Waals surface area contributed by atoms with Crippen LogP contribution in [0.25, 0.3) is 0 Å². The van der Waals surface area contributed by atoms with Gasteiger partial charge >= 0.3 is 0 Å². The summed E-state index contributed by atoms with van der Waals surface area (Å²) in [5.41, 5.74) is 1.56. The first-order valence-electron chi connectivity index (χ1n) is 8.34. The molecule has 1 N–H and O–H groups in total. The second-order valence-corrected chi connectivity index (χ2v) is 9.13. The molecule has 0 bridgehead atoms. The van der Waals surface area contributed by atoms with Gasteiger partial charge in [0, 0.05) is 22.2 Å². The summed E-state index contributed by atoms with van der Waals surface area (Å²) >= 11 is 2.08. The van der Waals surface area contributed by atoms with Crippen molar-refractivity contribution in [1.82, 2.24) is 5.32 Å². The van der Waals surface area contributed by atoms with Crippen LogP contribution in [0, 0.1) is 11.8 Å². The molecule has 0 amide bonds. The van der Waals surface area contributed by atoms with Gasteiger partial charge in [0.25, 0.3) is 0 Å². The standard InChI is InChI=1S/C19H31NS/c1-14-6-9-18(12-15(14)2)21-17-10-7-16(8-11-17)13-20-19(3,4)5/h7-8,10-11,14-15,18,20H,6,9,12-13H2,1-5H3. The van der Waals surface area contributed by atoms with E-state index in [9.17, 15) is 0 Å². The highest BCUT2D eigenvalue weighted by atomic mass is 32.2. The molecule has 0 aromatic heterocycles. The van der Waals surface area contributed by atoms with Gasteiger partial charge in [-0.3, -0.25) is 0 Å². The van der Waals surface area contributed by atoms with Gasteiger partial charge in [-0.2, -0.15) is 0 Å². The lowest BCUT2D eigenvalue weighted by Gasteiger charge is -2.31. The van der Waals surface area contributed by atoms with Gasteiger partial charge in [0.2, 0.25) is 0 Å². The number of hydrogen-bond acceptors (Lipinski definition) is 2. The van der Waals surface area contributed by atoms with Crippen LogP contribution in [0.15, 0.2) is 29.2 Å². The SMILES string of the molecule is CC1CCC(Sc2ccc(CNC(C)(C)C)cc2)CC1C. The fourth-order valence-corrected chi connectivity index (χ4v) is 4.18. The lowest BCUT2D eigenvalue weighted by atomic mass is 9.81. The Kier molecular flexibility index (Phi) is 5.79. The molecule has 0 radical (unpaired) electrons. The summed E-state index contributed by atoms with van der Waals surface area (Å²) < 4.78 is 0. The van der Waals surface area contributed by atoms with Gasteiger partial charge in [0.15, 0.2) is 0 Å². The average molecular weight is 306 g/mol. The molecule has 2 rings (SSSR count). The molecule has 3 unspecified atom stereocenters. The van der Waals surface area contributed by atoms with Crippen molar-refractivity contribution in [3.05, 3.63) is 29.8 Å². The van der Waals surface area contributed by atoms with Crippen LogP contribution in [-0.4, -0.2) is 10.8 Å². The van der Waals surface area contributed by atoms with E-state index >= 15 is 0 Å². The Morgan fingerprint density at radius 3 is 2.29 bits per heavy atom. The fraction of sp³-hybridized carbons (Fsp3) is 0.684. The number of hydrogen-bond donors (Lipinski definition) is 1. The summed E-state index contributed by atoms with van der Waals surface area (Å²) in [7, 11) is 0. The van der Waals surface area contributed by atoms with E-state index in [2.05, 4.69) is 76.0 Å². The molecule has 0 spiro atoms. The van der Waals surface area contributed by atoms with Crippen molar-refractivity contribution in [3.8, 4) is 0 Å². The summed E-state index contributed by atoms with van der Waals surface area (Å²) in [6.07, 6.45) is 4.15. The molecule has 2 heteroatoms. The summed E-state index contributed by atoms with van der Waals surface area (Å²) in [5.74, 6) is 1.79. The Hall–Kier alpha value is -0.470. The molecule has 21 heavy (non-hydrogen) atoms. The first-order valence-corrected chi connectivity index (χ1v) is 9.22. The van der Waals surface area contributed by atoms with Crippen molar-refractivity contribution in [3.63, 3.8) is 0 Å². The molecule has 0 aliphatic heterocycles. The highest BCUT2D eigenvalue weighted by molar-refractivity contribution is 8.00. The van der Waals surface area contributed by atoms with Crippen molar-refractivity contribution in [2.75, 3.05) is 0 Å². The maximum absolute atomic E-state index is 3.54. The van der Waals surface area contributed by atoms with Gasteiger partial charge in [-0.05, 0) is 69.6 Å². The van der Waals surface area contributed by atoms with Crippen LogP contribution in [0.5, 0.6) is 0 Å². The van der Waals surface area contributed by atoms with Crippen LogP contribution in [0.4, 0.5) is 0 Å². The number of benzene rings is 1. The second-order valence-electron chi connectivity index (χ2n) is 7.75. The first-order chi connectivity index (χ1) is 9.83. The number of thioether (sulfide) groups is 1. The molecule has 1 nitrogen and oxygen atoms in total. The largest absolute Gasteiger partial charge is 0.308 e. The predicted octanol–water partition coefficient (Wildman–Crippen LogP) is 5.49. The van der Waals surface area contributed by atoms with E-state index in [4.69, 9.17) is 0 Å². The zero-order valence-electron chi connectivity index (χ0n) is 14.3. The lowest BCUT2D eigenvalue weighted by molar-refractivity contribution is 0.283. The average Bonchev–Trinajstić information content (AvgIpc) is 2.41. The van der Waals surface area contributed by atoms with E-state index in [1.807, 2.05) is 0 Å². The van der Waals surface area contributed by atoms with Gasteiger partial charge in [-0.25, -0.2) is 0 Å². The summed E-state index contributed by atoms with van der Waals surface area (Å²) in [4.78, 5) is 1.43. The Balaban J connectivity index is 1.85. The van der Waals surface area contributed by atoms with Crippen molar-refractivity contribution in [2.24, 2.45) is 11.8 Å². The molecule has 1 aliphatic carbocycles. The quantitative estimate of drug-likeness (QED) is 0.789. The van der Waals surface area contributed by atoms with E-state index in [1.54, 1.807) is 0 Å². The van der Waals surface area contributed by atoms with E-state index < -0.39 is 0 Å². The molecule has 118 valence electrons. The van der Waals surface area contributed by atoms with Gasteiger partial charge in [0.1, 0.15) is 0 Å². The topological polar surface area (TPSA) is 12.0 Å². The molecule has 1 aromatic rings. The summed E-state index contributed by atoms with van der Waals surface area (Å²) in [5, 5.41) is 4.36. The van der Waals surface area contributed by atoms with Crippen molar-refractivity contribution in [2.45, 2.75) is 76.1 Å². The smallest absolute Gasteiger partial charge is 0.0210 e. The molecular weight excluding hydrogens is 274 g/mol. The molecule has 3 atom stereocenters. The molecule has 1 fully saturated rings. The monoisotopic (exact) mass is 305 g/mol. The minimum absolute atomic E-state index is 0.183. The molecule has 1 aromatic carbocycles. The lowest BCUT2D eigenvalue weighted by Crippen LogP contribution is -2.35. The van der Waals surface area contributed by atoms with Crippen LogP contribution in [0.2, 0.25) is 0 Å². The van der Waals surface area contributed by atoms with Crippen LogP contribution >= 0.6 is 11.8 Å². The molecular formula is C19H31NS. The van der Waals surface area contributed by atoms with Gasteiger partial charge in [-0.1, -0.05) is 26.0 Å². The Bertz CT molecular complexity index is 432. The molecule has 1 saturated carbocycles. The van der Waals surface area contributed by atoms with E-state index in [0.29, 0.717) is 0 Å². The van der Waals surface area contributed by atoms with E-state index in [-0.39, 0.29) is 5.54 Å². The minimum Gasteiger partial charge on any atom is -0.308 e. The third-order valence-corrected chi connectivity index (χ3v) is 5.90. The highest BCUT2D eigenvalue weighted by Gasteiger charge is 2.25. The van der Waals surface area contributed by atoms with Gasteiger partial charge < -0.3 is 5.32 Å². The van der Waals surface area contributed by atoms with Crippen LogP contribution < -0.4 is 5.32 Å². The first kappa shape index (κ1) is 16.9. The molecule has 0 heterocycles. The predicted molar refractivity (Wildman–Crippen MR) is 94.9 cm³/mol. The number of rotatable bonds is 4. The zero-order chi connectivity index (χ0) is 15.5. The van der Waals surface area contributed by atoms with Gasteiger partial charge in [-0.15, -0.1) is 11.8 Å². The number of nitrogens with one attached hydrogen (secondary N) is 1. The highest BCUT2D eigenvalue weighted by Crippen LogP contribution is 2.38. The van der Waals surface area contributed by atoms with Crippen molar-refractivity contribution in [1.29, 1.82) is 0 Å². The molecule has 1 aliphatic rings.